The van der Waals surface area contributed by atoms with Gasteiger partial charge in [0.25, 0.3) is 0 Å². The summed E-state index contributed by atoms with van der Waals surface area (Å²) in [6.45, 7) is 6.39. The second-order valence-corrected chi connectivity index (χ2v) is 5.62. The SMILES string of the molecule is CCOC(=O)c1ccnc(NC2CCN(C)CC2C)c1N. The molecule has 1 fully saturated rings. The van der Waals surface area contributed by atoms with E-state index in [4.69, 9.17) is 10.5 Å². The molecule has 1 aromatic heterocycles. The van der Waals surface area contributed by atoms with Crippen LogP contribution in [0.15, 0.2) is 12.3 Å². The van der Waals surface area contributed by atoms with E-state index < -0.39 is 5.97 Å². The molecule has 3 N–H and O–H groups in total. The van der Waals surface area contributed by atoms with Gasteiger partial charge in [-0.2, -0.15) is 0 Å². The molecule has 2 rings (SSSR count). The van der Waals surface area contributed by atoms with Gasteiger partial charge in [-0.15, -0.1) is 0 Å². The highest BCUT2D eigenvalue weighted by Crippen LogP contribution is 2.25. The summed E-state index contributed by atoms with van der Waals surface area (Å²) in [5, 5.41) is 3.39. The number of hydrogen-bond donors (Lipinski definition) is 2. The first kappa shape index (κ1) is 15.6. The van der Waals surface area contributed by atoms with E-state index in [1.807, 2.05) is 0 Å². The number of ether oxygens (including phenoxy) is 1. The molecule has 1 aliphatic rings. The third kappa shape index (κ3) is 3.64. The Kier molecular flexibility index (Phi) is 5.01. The van der Waals surface area contributed by atoms with Crippen molar-refractivity contribution in [1.82, 2.24) is 9.88 Å². The Morgan fingerprint density at radius 1 is 1.62 bits per heavy atom. The van der Waals surface area contributed by atoms with Crippen LogP contribution in [-0.2, 0) is 4.74 Å². The molecule has 116 valence electrons. The minimum Gasteiger partial charge on any atom is -0.462 e. The number of anilines is 2. The average molecular weight is 292 g/mol. The fourth-order valence-electron chi connectivity index (χ4n) is 2.72. The van der Waals surface area contributed by atoms with Gasteiger partial charge >= 0.3 is 5.97 Å². The predicted molar refractivity (Wildman–Crippen MR) is 83.3 cm³/mol. The van der Waals surface area contributed by atoms with Gasteiger partial charge in [0.15, 0.2) is 0 Å². The lowest BCUT2D eigenvalue weighted by molar-refractivity contribution is 0.0527. The Labute approximate surface area is 125 Å². The molecule has 0 saturated carbocycles. The van der Waals surface area contributed by atoms with Crippen LogP contribution in [0.5, 0.6) is 0 Å². The standard InChI is InChI=1S/C15H24N4O2/c1-4-21-15(20)11-5-7-17-14(13(11)16)18-12-6-8-19(3)9-10(12)2/h5,7,10,12H,4,6,8-9,16H2,1-3H3,(H,17,18). The largest absolute Gasteiger partial charge is 0.462 e. The van der Waals surface area contributed by atoms with Gasteiger partial charge in [0.05, 0.1) is 17.9 Å². The van der Waals surface area contributed by atoms with E-state index in [9.17, 15) is 4.79 Å². The molecular weight excluding hydrogens is 268 g/mol. The van der Waals surface area contributed by atoms with Crippen molar-refractivity contribution in [2.45, 2.75) is 26.3 Å². The maximum Gasteiger partial charge on any atom is 0.340 e. The lowest BCUT2D eigenvalue weighted by Gasteiger charge is -2.35. The van der Waals surface area contributed by atoms with Gasteiger partial charge < -0.3 is 20.7 Å². The van der Waals surface area contributed by atoms with Crippen LogP contribution in [0.1, 0.15) is 30.6 Å². The topological polar surface area (TPSA) is 80.5 Å². The van der Waals surface area contributed by atoms with Crippen LogP contribution in [0.4, 0.5) is 11.5 Å². The molecular formula is C15H24N4O2. The van der Waals surface area contributed by atoms with Crippen LogP contribution in [0.25, 0.3) is 0 Å². The Hall–Kier alpha value is -1.82. The predicted octanol–water partition coefficient (Wildman–Crippen LogP) is 1.59. The molecule has 0 bridgehead atoms. The molecule has 1 aliphatic heterocycles. The summed E-state index contributed by atoms with van der Waals surface area (Å²) in [7, 11) is 2.13. The molecule has 0 aliphatic carbocycles. The zero-order valence-corrected chi connectivity index (χ0v) is 12.9. The molecule has 0 amide bonds. The molecule has 6 heteroatoms. The fourth-order valence-corrected chi connectivity index (χ4v) is 2.72. The molecule has 2 heterocycles. The van der Waals surface area contributed by atoms with E-state index in [2.05, 4.69) is 29.2 Å². The third-order valence-corrected chi connectivity index (χ3v) is 3.92. The number of nitrogens with one attached hydrogen (secondary N) is 1. The van der Waals surface area contributed by atoms with Gasteiger partial charge in [-0.1, -0.05) is 6.92 Å². The first-order chi connectivity index (χ1) is 10.0. The molecule has 0 aromatic carbocycles. The van der Waals surface area contributed by atoms with Crippen molar-refractivity contribution < 1.29 is 9.53 Å². The molecule has 6 nitrogen and oxygen atoms in total. The second kappa shape index (κ2) is 6.76. The smallest absolute Gasteiger partial charge is 0.340 e. The van der Waals surface area contributed by atoms with Crippen LogP contribution in [0.2, 0.25) is 0 Å². The van der Waals surface area contributed by atoms with Gasteiger partial charge in [0.2, 0.25) is 0 Å². The number of likely N-dealkylation sites (tertiary alicyclic amines) is 1. The summed E-state index contributed by atoms with van der Waals surface area (Å²) >= 11 is 0. The number of nitrogens with zero attached hydrogens (tertiary/aromatic N) is 2. The lowest BCUT2D eigenvalue weighted by Crippen LogP contribution is -2.43. The quantitative estimate of drug-likeness (QED) is 0.820. The van der Waals surface area contributed by atoms with E-state index >= 15 is 0 Å². The Morgan fingerprint density at radius 3 is 3.05 bits per heavy atom. The summed E-state index contributed by atoms with van der Waals surface area (Å²) in [4.78, 5) is 18.4. The van der Waals surface area contributed by atoms with Gasteiger partial charge in [-0.05, 0) is 38.9 Å². The molecule has 2 atom stereocenters. The van der Waals surface area contributed by atoms with Crippen LogP contribution >= 0.6 is 0 Å². The number of esters is 1. The van der Waals surface area contributed by atoms with E-state index in [0.29, 0.717) is 35.6 Å². The maximum atomic E-state index is 11.9. The monoisotopic (exact) mass is 292 g/mol. The van der Waals surface area contributed by atoms with Gasteiger partial charge in [-0.3, -0.25) is 0 Å². The number of rotatable bonds is 4. The average Bonchev–Trinajstić information content (AvgIpc) is 2.44. The summed E-state index contributed by atoms with van der Waals surface area (Å²) in [6.07, 6.45) is 2.62. The summed E-state index contributed by atoms with van der Waals surface area (Å²) in [6, 6.07) is 1.91. The molecule has 1 aromatic rings. The normalized spacial score (nSPS) is 22.8. The Morgan fingerprint density at radius 2 is 2.38 bits per heavy atom. The molecule has 2 unspecified atom stereocenters. The zero-order valence-electron chi connectivity index (χ0n) is 12.9. The first-order valence-electron chi connectivity index (χ1n) is 7.39. The number of aromatic nitrogens is 1. The summed E-state index contributed by atoms with van der Waals surface area (Å²) < 4.78 is 5.01. The van der Waals surface area contributed by atoms with Crippen molar-refractivity contribution in [1.29, 1.82) is 0 Å². The number of pyridine rings is 1. The third-order valence-electron chi connectivity index (χ3n) is 3.92. The number of nitrogen functional groups attached to an aromatic ring is 1. The van der Waals surface area contributed by atoms with Crippen molar-refractivity contribution in [2.75, 3.05) is 37.8 Å². The summed E-state index contributed by atoms with van der Waals surface area (Å²) in [5.74, 6) is 0.662. The lowest BCUT2D eigenvalue weighted by atomic mass is 9.94. The summed E-state index contributed by atoms with van der Waals surface area (Å²) in [5.41, 5.74) is 6.80. The minimum absolute atomic E-state index is 0.313. The van der Waals surface area contributed by atoms with Crippen molar-refractivity contribution in [3.8, 4) is 0 Å². The van der Waals surface area contributed by atoms with Crippen molar-refractivity contribution in [3.63, 3.8) is 0 Å². The van der Waals surface area contributed by atoms with Gasteiger partial charge in [-0.25, -0.2) is 9.78 Å². The molecule has 0 radical (unpaired) electrons. The second-order valence-electron chi connectivity index (χ2n) is 5.62. The van der Waals surface area contributed by atoms with Crippen LogP contribution in [-0.4, -0.2) is 48.6 Å². The number of nitrogens with two attached hydrogens (primary N) is 1. The number of piperidine rings is 1. The highest BCUT2D eigenvalue weighted by atomic mass is 16.5. The van der Waals surface area contributed by atoms with Crippen molar-refractivity contribution in [2.24, 2.45) is 5.92 Å². The number of carbonyl (C=O) groups excluding carboxylic acids is 1. The van der Waals surface area contributed by atoms with Crippen molar-refractivity contribution in [3.05, 3.63) is 17.8 Å². The van der Waals surface area contributed by atoms with E-state index in [-0.39, 0.29) is 0 Å². The first-order valence-corrected chi connectivity index (χ1v) is 7.39. The Bertz CT molecular complexity index is 506. The van der Waals surface area contributed by atoms with Gasteiger partial charge in [0, 0.05) is 18.8 Å². The van der Waals surface area contributed by atoms with E-state index in [1.165, 1.54) is 0 Å². The van der Waals surface area contributed by atoms with Crippen LogP contribution < -0.4 is 11.1 Å². The van der Waals surface area contributed by atoms with E-state index in [0.717, 1.165) is 19.5 Å². The zero-order chi connectivity index (χ0) is 15.4. The van der Waals surface area contributed by atoms with Crippen LogP contribution in [0.3, 0.4) is 0 Å². The minimum atomic E-state index is -0.406. The van der Waals surface area contributed by atoms with Crippen molar-refractivity contribution >= 4 is 17.5 Å². The Balaban J connectivity index is 2.13. The molecule has 21 heavy (non-hydrogen) atoms. The highest BCUT2D eigenvalue weighted by molar-refractivity contribution is 5.97. The highest BCUT2D eigenvalue weighted by Gasteiger charge is 2.25. The van der Waals surface area contributed by atoms with Gasteiger partial charge in [0.1, 0.15) is 5.82 Å². The fraction of sp³-hybridized carbons (Fsp3) is 0.600. The number of hydrogen-bond acceptors (Lipinski definition) is 6. The van der Waals surface area contributed by atoms with Crippen LogP contribution in [0, 0.1) is 5.92 Å². The molecule has 1 saturated heterocycles. The molecule has 0 spiro atoms. The number of carbonyl (C=O) groups is 1. The maximum absolute atomic E-state index is 11.9. The van der Waals surface area contributed by atoms with E-state index in [1.54, 1.807) is 19.2 Å².